The molecule has 270 valence electrons. The lowest BCUT2D eigenvalue weighted by atomic mass is 10.1. The Balaban J connectivity index is 1.01. The molecular weight excluding hydrogens is 651 g/mol. The van der Waals surface area contributed by atoms with Crippen molar-refractivity contribution in [3.63, 3.8) is 0 Å². The molecule has 1 aromatic heterocycles. The molecule has 1 unspecified atom stereocenters. The van der Waals surface area contributed by atoms with Crippen LogP contribution in [0.3, 0.4) is 0 Å². The standard InChI is InChI=1S/C39H53N5O5S/c1-7-13-37-32(9-3)41-38(50-37)29(8-2)24-34(46-5)28(4)48-22-11-15-42-18-20-43(21-19-42)16-12-23-49-36-26-33-31(25-35(36)47-6)39(45)44-17-10-14-30(44)27-40-33/h8-9,13,24-27,30H,4,7,10-12,14-23H2,1-3,5-6H3. The Morgan fingerprint density at radius 1 is 1.04 bits per heavy atom. The first-order valence-corrected chi connectivity index (χ1v) is 18.7. The first-order chi connectivity index (χ1) is 24.4. The highest BCUT2D eigenvalue weighted by Gasteiger charge is 2.32. The van der Waals surface area contributed by atoms with Crippen LogP contribution in [0, 0.1) is 0 Å². The first kappa shape index (κ1) is 37.3. The number of carbonyl (C=O) groups excluding carboxylic acids is 1. The number of piperazine rings is 1. The molecule has 5 rings (SSSR count). The van der Waals surface area contributed by atoms with Crippen molar-refractivity contribution in [3.05, 3.63) is 62.8 Å². The number of allylic oxidation sites excluding steroid dienone is 3. The van der Waals surface area contributed by atoms with Crippen LogP contribution in [0.1, 0.15) is 68.2 Å². The summed E-state index contributed by atoms with van der Waals surface area (Å²) in [5.74, 6) is 2.36. The molecule has 3 aliphatic rings. The van der Waals surface area contributed by atoms with Gasteiger partial charge in [-0.15, -0.1) is 11.3 Å². The maximum absolute atomic E-state index is 13.1. The fourth-order valence-corrected chi connectivity index (χ4v) is 7.72. The first-order valence-electron chi connectivity index (χ1n) is 17.9. The summed E-state index contributed by atoms with van der Waals surface area (Å²) in [5.41, 5.74) is 2.22. The third-order valence-corrected chi connectivity index (χ3v) is 10.5. The highest BCUT2D eigenvalue weighted by Crippen LogP contribution is 2.38. The van der Waals surface area contributed by atoms with E-state index in [0.717, 1.165) is 93.8 Å². The molecule has 0 bridgehead atoms. The van der Waals surface area contributed by atoms with Gasteiger partial charge in [-0.2, -0.15) is 0 Å². The summed E-state index contributed by atoms with van der Waals surface area (Å²) in [6.45, 7) is 18.3. The third-order valence-electron chi connectivity index (χ3n) is 9.38. The molecule has 0 spiro atoms. The average molecular weight is 704 g/mol. The van der Waals surface area contributed by atoms with Crippen molar-refractivity contribution in [2.75, 3.05) is 73.2 Å². The van der Waals surface area contributed by atoms with Crippen molar-refractivity contribution in [2.45, 2.75) is 58.9 Å². The molecule has 1 atom stereocenters. The maximum atomic E-state index is 13.1. The van der Waals surface area contributed by atoms with E-state index in [4.69, 9.17) is 23.9 Å². The van der Waals surface area contributed by atoms with Crippen LogP contribution in [0.2, 0.25) is 0 Å². The van der Waals surface area contributed by atoms with Crippen molar-refractivity contribution in [1.82, 2.24) is 19.7 Å². The molecule has 0 radical (unpaired) electrons. The second-order valence-electron chi connectivity index (χ2n) is 12.6. The highest BCUT2D eigenvalue weighted by atomic mass is 32.1. The summed E-state index contributed by atoms with van der Waals surface area (Å²) in [7, 11) is 3.26. The Hall–Kier alpha value is -3.93. The van der Waals surface area contributed by atoms with Crippen LogP contribution in [0.5, 0.6) is 11.5 Å². The molecule has 1 aromatic carbocycles. The van der Waals surface area contributed by atoms with E-state index in [1.807, 2.05) is 49.3 Å². The highest BCUT2D eigenvalue weighted by molar-refractivity contribution is 7.10. The van der Waals surface area contributed by atoms with Gasteiger partial charge in [0.15, 0.2) is 23.0 Å². The van der Waals surface area contributed by atoms with Gasteiger partial charge in [0.05, 0.1) is 54.6 Å². The normalized spacial score (nSPS) is 19.4. The van der Waals surface area contributed by atoms with Crippen molar-refractivity contribution < 1.29 is 23.7 Å². The summed E-state index contributed by atoms with van der Waals surface area (Å²) >= 11 is 1.68. The number of nitrogens with zero attached hydrogens (tertiary/aromatic N) is 5. The minimum Gasteiger partial charge on any atom is -0.493 e. The second-order valence-corrected chi connectivity index (χ2v) is 13.7. The van der Waals surface area contributed by atoms with Crippen molar-refractivity contribution in [3.8, 4) is 11.5 Å². The number of hydrogen-bond donors (Lipinski definition) is 0. The second kappa shape index (κ2) is 18.3. The van der Waals surface area contributed by atoms with Gasteiger partial charge in [0, 0.05) is 63.7 Å². The van der Waals surface area contributed by atoms with Gasteiger partial charge in [0.25, 0.3) is 5.91 Å². The van der Waals surface area contributed by atoms with Crippen LogP contribution in [-0.4, -0.2) is 111 Å². The number of rotatable bonds is 16. The molecule has 11 heteroatoms. The van der Waals surface area contributed by atoms with Gasteiger partial charge in [-0.25, -0.2) is 4.98 Å². The Morgan fingerprint density at radius 2 is 1.78 bits per heavy atom. The molecule has 50 heavy (non-hydrogen) atoms. The third kappa shape index (κ3) is 9.24. The summed E-state index contributed by atoms with van der Waals surface area (Å²) < 4.78 is 24.6. The number of ether oxygens (including phenoxy) is 4. The number of thiazole rings is 1. The largest absolute Gasteiger partial charge is 0.493 e. The van der Waals surface area contributed by atoms with Crippen LogP contribution in [-0.2, 0) is 9.47 Å². The van der Waals surface area contributed by atoms with E-state index in [2.05, 4.69) is 34.4 Å². The number of methoxy groups -OCH3 is 2. The van der Waals surface area contributed by atoms with E-state index in [9.17, 15) is 4.79 Å². The predicted molar refractivity (Wildman–Crippen MR) is 203 cm³/mol. The van der Waals surface area contributed by atoms with Crippen molar-refractivity contribution in [1.29, 1.82) is 0 Å². The van der Waals surface area contributed by atoms with Gasteiger partial charge in [-0.05, 0) is 58.1 Å². The number of fused-ring (bicyclic) bond motifs is 2. The number of hydrogen-bond acceptors (Lipinski definition) is 10. The molecule has 0 N–H and O–H groups in total. The van der Waals surface area contributed by atoms with E-state index in [0.29, 0.717) is 47.5 Å². The van der Waals surface area contributed by atoms with Crippen molar-refractivity contribution in [2.24, 2.45) is 4.99 Å². The fraction of sp³-hybridized carbons (Fsp3) is 0.513. The molecule has 0 saturated carbocycles. The Kier molecular flexibility index (Phi) is 13.7. The maximum Gasteiger partial charge on any atom is 0.256 e. The van der Waals surface area contributed by atoms with Gasteiger partial charge in [0.2, 0.25) is 0 Å². The van der Waals surface area contributed by atoms with E-state index in [1.54, 1.807) is 31.6 Å². The molecule has 2 fully saturated rings. The van der Waals surface area contributed by atoms with E-state index >= 15 is 0 Å². The predicted octanol–water partition coefficient (Wildman–Crippen LogP) is 5.40. The van der Waals surface area contributed by atoms with Crippen LogP contribution in [0.4, 0.5) is 5.69 Å². The SMILES string of the molecule is C=C(OCCCN1CCN(CCCOc2cc3c(cc2OC)C(=O)N2CCCC2C=N3)CC1)C(=CC(=CC)c1nc(=CC)c(=CCC)s1)OC. The molecular formula is C39H53N5O5S. The Bertz CT molecular complexity index is 1710. The number of amides is 1. The lowest BCUT2D eigenvalue weighted by Gasteiger charge is -2.34. The zero-order valence-electron chi connectivity index (χ0n) is 30.4. The molecule has 2 aromatic rings. The van der Waals surface area contributed by atoms with Crippen LogP contribution < -0.4 is 19.4 Å². The van der Waals surface area contributed by atoms with Gasteiger partial charge >= 0.3 is 0 Å². The Morgan fingerprint density at radius 3 is 2.44 bits per heavy atom. The monoisotopic (exact) mass is 703 g/mol. The summed E-state index contributed by atoms with van der Waals surface area (Å²) in [5, 5.41) is 1.96. The number of aromatic nitrogens is 1. The number of aliphatic imine (C=N–C) groups is 1. The lowest BCUT2D eigenvalue weighted by molar-refractivity contribution is 0.0774. The summed E-state index contributed by atoms with van der Waals surface area (Å²) in [6, 6.07) is 3.71. The summed E-state index contributed by atoms with van der Waals surface area (Å²) in [4.78, 5) is 29.5. The minimum atomic E-state index is 0.0188. The average Bonchev–Trinajstić information content (AvgIpc) is 3.76. The van der Waals surface area contributed by atoms with Gasteiger partial charge in [0.1, 0.15) is 5.01 Å². The van der Waals surface area contributed by atoms with Crippen LogP contribution >= 0.6 is 11.3 Å². The number of benzene rings is 1. The summed E-state index contributed by atoms with van der Waals surface area (Å²) in [6.07, 6.45) is 14.9. The fourth-order valence-electron chi connectivity index (χ4n) is 6.55. The number of carbonyl (C=O) groups is 1. The molecule has 10 nitrogen and oxygen atoms in total. The minimum absolute atomic E-state index is 0.0188. The van der Waals surface area contributed by atoms with E-state index in [1.165, 1.54) is 4.53 Å². The molecule has 0 aliphatic carbocycles. The van der Waals surface area contributed by atoms with E-state index < -0.39 is 0 Å². The topological polar surface area (TPSA) is 89.0 Å². The molecule has 2 saturated heterocycles. The van der Waals surface area contributed by atoms with Crippen molar-refractivity contribution >= 4 is 46.9 Å². The van der Waals surface area contributed by atoms with Gasteiger partial charge in [-0.1, -0.05) is 31.7 Å². The molecule has 3 aliphatic heterocycles. The zero-order valence-corrected chi connectivity index (χ0v) is 31.2. The quantitative estimate of drug-likeness (QED) is 0.131. The van der Waals surface area contributed by atoms with Gasteiger partial charge in [-0.3, -0.25) is 9.79 Å². The Labute approximate surface area is 301 Å². The smallest absolute Gasteiger partial charge is 0.256 e. The van der Waals surface area contributed by atoms with E-state index in [-0.39, 0.29) is 11.9 Å². The lowest BCUT2D eigenvalue weighted by Crippen LogP contribution is -2.47. The molecule has 1 amide bonds. The molecule has 4 heterocycles. The van der Waals surface area contributed by atoms with Gasteiger partial charge < -0.3 is 33.6 Å². The van der Waals surface area contributed by atoms with Crippen LogP contribution in [0.15, 0.2) is 47.4 Å². The zero-order chi connectivity index (χ0) is 35.5. The van der Waals surface area contributed by atoms with Crippen LogP contribution in [0.25, 0.3) is 17.7 Å².